The molecule has 4 rings (SSSR count). The molecular weight excluding hydrogens is 286 g/mol. The molecule has 5 nitrogen and oxygen atoms in total. The van der Waals surface area contributed by atoms with Crippen molar-refractivity contribution in [3.63, 3.8) is 0 Å². The van der Waals surface area contributed by atoms with Crippen molar-refractivity contribution in [3.8, 4) is 11.4 Å². The number of hydrogen-bond acceptors (Lipinski definition) is 3. The van der Waals surface area contributed by atoms with E-state index < -0.39 is 0 Å². The molecule has 1 aliphatic rings. The van der Waals surface area contributed by atoms with Crippen LogP contribution in [0.2, 0.25) is 0 Å². The Morgan fingerprint density at radius 2 is 2.13 bits per heavy atom. The second kappa shape index (κ2) is 5.17. The molecule has 114 valence electrons. The van der Waals surface area contributed by atoms with E-state index in [4.69, 9.17) is 11.6 Å². The van der Waals surface area contributed by atoms with Crippen molar-refractivity contribution >= 4 is 16.7 Å². The highest BCUT2D eigenvalue weighted by atomic mass is 15.1. The predicted octanol–water partition coefficient (Wildman–Crippen LogP) is 4.50. The zero-order valence-corrected chi connectivity index (χ0v) is 13.2. The highest BCUT2D eigenvalue weighted by Gasteiger charge is 2.30. The molecule has 2 aromatic heterocycles. The Kier molecular flexibility index (Phi) is 3.12. The zero-order valence-electron chi connectivity index (χ0n) is 13.2. The largest absolute Gasteiger partial charge is 0.322 e. The van der Waals surface area contributed by atoms with Crippen LogP contribution < -0.4 is 0 Å². The van der Waals surface area contributed by atoms with E-state index in [9.17, 15) is 0 Å². The van der Waals surface area contributed by atoms with Crippen LogP contribution in [0.15, 0.2) is 30.7 Å². The van der Waals surface area contributed by atoms with Crippen molar-refractivity contribution < 1.29 is 0 Å². The maximum absolute atomic E-state index is 7.25. The molecule has 0 unspecified atom stereocenters. The first-order chi connectivity index (χ1) is 11.2. The lowest BCUT2D eigenvalue weighted by Crippen LogP contribution is -2.03. The summed E-state index contributed by atoms with van der Waals surface area (Å²) in [6.07, 6.45) is 5.77. The third kappa shape index (κ3) is 2.27. The monoisotopic (exact) mass is 303 g/mol. The van der Waals surface area contributed by atoms with Crippen LogP contribution in [0.5, 0.6) is 0 Å². The minimum absolute atomic E-state index is 0.305. The molecule has 0 aliphatic heterocycles. The first kappa shape index (κ1) is 13.9. The van der Waals surface area contributed by atoms with E-state index in [2.05, 4.69) is 33.2 Å². The number of fused-ring (bicyclic) bond motifs is 1. The molecule has 0 N–H and O–H groups in total. The minimum atomic E-state index is 0.305. The number of hydrogen-bond donors (Lipinski definition) is 0. The summed E-state index contributed by atoms with van der Waals surface area (Å²) in [6.45, 7) is 11.5. The van der Waals surface area contributed by atoms with Crippen LogP contribution in [-0.4, -0.2) is 19.5 Å². The molecule has 0 saturated heterocycles. The minimum Gasteiger partial charge on any atom is -0.322 e. The van der Waals surface area contributed by atoms with Gasteiger partial charge in [0.1, 0.15) is 12.2 Å². The normalized spacial score (nSPS) is 14.3. The summed E-state index contributed by atoms with van der Waals surface area (Å²) in [5.41, 5.74) is 4.63. The van der Waals surface area contributed by atoms with Crippen LogP contribution in [0.1, 0.15) is 44.3 Å². The number of imidazole rings is 1. The van der Waals surface area contributed by atoms with E-state index in [0.717, 1.165) is 41.0 Å². The van der Waals surface area contributed by atoms with E-state index in [1.54, 1.807) is 6.33 Å². The van der Waals surface area contributed by atoms with Gasteiger partial charge in [0.25, 0.3) is 0 Å². The second-order valence-electron chi connectivity index (χ2n) is 6.30. The van der Waals surface area contributed by atoms with E-state index in [1.807, 2.05) is 24.4 Å². The Morgan fingerprint density at radius 3 is 2.83 bits per heavy atom. The van der Waals surface area contributed by atoms with Crippen molar-refractivity contribution in [1.82, 2.24) is 19.5 Å². The van der Waals surface area contributed by atoms with Crippen molar-refractivity contribution in [2.45, 2.75) is 38.6 Å². The fourth-order valence-corrected chi connectivity index (χ4v) is 3.01. The summed E-state index contributed by atoms with van der Waals surface area (Å²) in [4.78, 5) is 17.1. The Morgan fingerprint density at radius 1 is 1.30 bits per heavy atom. The van der Waals surface area contributed by atoms with Gasteiger partial charge in [0.15, 0.2) is 5.69 Å². The van der Waals surface area contributed by atoms with Gasteiger partial charge in [-0.15, -0.1) is 0 Å². The maximum atomic E-state index is 7.25. The topological polar surface area (TPSA) is 48.0 Å². The molecule has 5 heteroatoms. The van der Waals surface area contributed by atoms with Crippen molar-refractivity contribution in [2.24, 2.45) is 0 Å². The van der Waals surface area contributed by atoms with Gasteiger partial charge < -0.3 is 4.57 Å². The molecule has 23 heavy (non-hydrogen) atoms. The molecule has 0 bridgehead atoms. The van der Waals surface area contributed by atoms with Gasteiger partial charge in [0.05, 0.1) is 28.9 Å². The SMILES string of the molecule is [C-]#[N+]c1ccc2nc(-c3cncnc3C(C)C)n(C3CC3)c2c1. The fraction of sp³-hybridized carbons (Fsp3) is 0.333. The van der Waals surface area contributed by atoms with Crippen LogP contribution in [0, 0.1) is 6.57 Å². The maximum Gasteiger partial charge on any atom is 0.189 e. The summed E-state index contributed by atoms with van der Waals surface area (Å²) < 4.78 is 2.27. The molecule has 2 heterocycles. The summed E-state index contributed by atoms with van der Waals surface area (Å²) in [6, 6.07) is 6.17. The highest BCUT2D eigenvalue weighted by molar-refractivity contribution is 5.84. The van der Waals surface area contributed by atoms with E-state index in [1.165, 1.54) is 0 Å². The highest BCUT2D eigenvalue weighted by Crippen LogP contribution is 2.42. The van der Waals surface area contributed by atoms with Gasteiger partial charge in [-0.2, -0.15) is 0 Å². The van der Waals surface area contributed by atoms with Gasteiger partial charge >= 0.3 is 0 Å². The first-order valence-electron chi connectivity index (χ1n) is 7.88. The molecule has 0 amide bonds. The third-order valence-electron chi connectivity index (χ3n) is 4.25. The third-order valence-corrected chi connectivity index (χ3v) is 4.25. The molecule has 0 radical (unpaired) electrons. The Labute approximate surface area is 134 Å². The average Bonchev–Trinajstić information content (AvgIpc) is 3.34. The first-order valence-corrected chi connectivity index (χ1v) is 7.88. The molecule has 3 aromatic rings. The van der Waals surface area contributed by atoms with Crippen LogP contribution in [0.4, 0.5) is 5.69 Å². The Balaban J connectivity index is 2.01. The van der Waals surface area contributed by atoms with Gasteiger partial charge in [0.2, 0.25) is 0 Å². The standard InChI is InChI=1S/C18H17N5/c1-11(2)17-14(9-20-10-21-17)18-22-15-7-4-12(19-3)8-16(15)23(18)13-5-6-13/h4,7-11,13H,5-6H2,1-2H3. The van der Waals surface area contributed by atoms with Crippen molar-refractivity contribution in [3.05, 3.63) is 47.8 Å². The summed E-state index contributed by atoms with van der Waals surface area (Å²) >= 11 is 0. The Bertz CT molecular complexity index is 928. The number of nitrogens with zero attached hydrogens (tertiary/aromatic N) is 5. The predicted molar refractivity (Wildman–Crippen MR) is 89.4 cm³/mol. The second-order valence-corrected chi connectivity index (χ2v) is 6.30. The Hall–Kier alpha value is -2.74. The number of aromatic nitrogens is 4. The lowest BCUT2D eigenvalue weighted by atomic mass is 10.0. The average molecular weight is 303 g/mol. The van der Waals surface area contributed by atoms with Crippen LogP contribution in [-0.2, 0) is 0 Å². The molecule has 0 spiro atoms. The van der Waals surface area contributed by atoms with Gasteiger partial charge in [-0.3, -0.25) is 0 Å². The van der Waals surface area contributed by atoms with Gasteiger partial charge in [-0.05, 0) is 30.9 Å². The molecule has 0 atom stereocenters. The summed E-state index contributed by atoms with van der Waals surface area (Å²) in [5, 5.41) is 0. The molecule has 1 fully saturated rings. The zero-order chi connectivity index (χ0) is 16.0. The quantitative estimate of drug-likeness (QED) is 0.669. The lowest BCUT2D eigenvalue weighted by Gasteiger charge is -2.12. The molecular formula is C18H17N5. The van der Waals surface area contributed by atoms with Crippen molar-refractivity contribution in [1.29, 1.82) is 0 Å². The fourth-order valence-electron chi connectivity index (χ4n) is 3.01. The van der Waals surface area contributed by atoms with Gasteiger partial charge in [0, 0.05) is 12.2 Å². The smallest absolute Gasteiger partial charge is 0.189 e. The van der Waals surface area contributed by atoms with Crippen molar-refractivity contribution in [2.75, 3.05) is 0 Å². The van der Waals surface area contributed by atoms with E-state index in [-0.39, 0.29) is 0 Å². The van der Waals surface area contributed by atoms with E-state index in [0.29, 0.717) is 17.6 Å². The van der Waals surface area contributed by atoms with E-state index >= 15 is 0 Å². The molecule has 1 saturated carbocycles. The number of benzene rings is 1. The summed E-state index contributed by atoms with van der Waals surface area (Å²) in [7, 11) is 0. The van der Waals surface area contributed by atoms with Crippen LogP contribution >= 0.6 is 0 Å². The van der Waals surface area contributed by atoms with Gasteiger partial charge in [-0.25, -0.2) is 19.8 Å². The molecule has 1 aromatic carbocycles. The molecule has 1 aliphatic carbocycles. The lowest BCUT2D eigenvalue weighted by molar-refractivity contribution is 0.763. The van der Waals surface area contributed by atoms with Gasteiger partial charge in [-0.1, -0.05) is 19.9 Å². The van der Waals surface area contributed by atoms with Crippen LogP contribution in [0.25, 0.3) is 27.3 Å². The number of rotatable bonds is 3. The van der Waals surface area contributed by atoms with Crippen LogP contribution in [0.3, 0.4) is 0 Å². The summed E-state index contributed by atoms with van der Waals surface area (Å²) in [5.74, 6) is 1.23.